The monoisotopic (exact) mass is 311 g/mol. The summed E-state index contributed by atoms with van der Waals surface area (Å²) in [5.74, 6) is -0.773. The lowest BCUT2D eigenvalue weighted by atomic mass is 10.1. The van der Waals surface area contributed by atoms with Gasteiger partial charge >= 0.3 is 5.97 Å². The molecule has 0 saturated heterocycles. The number of hydrogen-bond donors (Lipinski definition) is 2. The number of ether oxygens (including phenoxy) is 1. The third kappa shape index (κ3) is 3.51. The Labute approximate surface area is 133 Å². The van der Waals surface area contributed by atoms with Crippen molar-refractivity contribution in [2.45, 2.75) is 25.0 Å². The first-order chi connectivity index (χ1) is 11.1. The number of carbonyl (C=O) groups excluding carboxylic acids is 1. The molecule has 5 heteroatoms. The highest BCUT2D eigenvalue weighted by Gasteiger charge is 2.31. The van der Waals surface area contributed by atoms with Crippen LogP contribution in [0.4, 0.5) is 0 Å². The molecule has 3 rings (SSSR count). The average molecular weight is 311 g/mol. The molecule has 23 heavy (non-hydrogen) atoms. The van der Waals surface area contributed by atoms with E-state index in [1.54, 1.807) is 6.07 Å². The zero-order valence-electron chi connectivity index (χ0n) is 12.4. The van der Waals surface area contributed by atoms with Crippen LogP contribution in [-0.4, -0.2) is 29.1 Å². The number of amides is 1. The van der Waals surface area contributed by atoms with Crippen LogP contribution in [0.1, 0.15) is 11.1 Å². The highest BCUT2D eigenvalue weighted by atomic mass is 16.5. The fourth-order valence-corrected chi connectivity index (χ4v) is 2.64. The maximum atomic E-state index is 12.3. The third-order valence-electron chi connectivity index (χ3n) is 3.84. The van der Waals surface area contributed by atoms with E-state index < -0.39 is 24.0 Å². The number of carbonyl (C=O) groups is 2. The molecule has 118 valence electrons. The molecule has 0 aromatic heterocycles. The van der Waals surface area contributed by atoms with E-state index in [2.05, 4.69) is 5.32 Å². The van der Waals surface area contributed by atoms with Crippen LogP contribution in [0.3, 0.4) is 0 Å². The molecule has 2 aromatic rings. The quantitative estimate of drug-likeness (QED) is 0.883. The molecule has 0 saturated carbocycles. The summed E-state index contributed by atoms with van der Waals surface area (Å²) in [5, 5.41) is 11.9. The van der Waals surface area contributed by atoms with Gasteiger partial charge in [0.05, 0.1) is 0 Å². The second-order valence-corrected chi connectivity index (χ2v) is 5.51. The number of para-hydroxylation sites is 1. The molecule has 1 amide bonds. The molecular formula is C18H17NO4. The van der Waals surface area contributed by atoms with Gasteiger partial charge in [-0.2, -0.15) is 0 Å². The Morgan fingerprint density at radius 2 is 1.83 bits per heavy atom. The van der Waals surface area contributed by atoms with E-state index in [1.807, 2.05) is 48.5 Å². The fraction of sp³-hybridized carbons (Fsp3) is 0.222. The van der Waals surface area contributed by atoms with Gasteiger partial charge < -0.3 is 15.2 Å². The summed E-state index contributed by atoms with van der Waals surface area (Å²) in [5.41, 5.74) is 1.82. The maximum absolute atomic E-state index is 12.3. The first-order valence-corrected chi connectivity index (χ1v) is 7.45. The van der Waals surface area contributed by atoms with Gasteiger partial charge in [-0.3, -0.25) is 4.79 Å². The molecule has 2 atom stereocenters. The lowest BCUT2D eigenvalue weighted by Crippen LogP contribution is -2.47. The van der Waals surface area contributed by atoms with Crippen LogP contribution in [0.25, 0.3) is 0 Å². The normalized spacial score (nSPS) is 17.0. The summed E-state index contributed by atoms with van der Waals surface area (Å²) in [7, 11) is 0. The molecular weight excluding hydrogens is 294 g/mol. The minimum absolute atomic E-state index is 0.238. The van der Waals surface area contributed by atoms with Crippen molar-refractivity contribution in [1.82, 2.24) is 5.32 Å². The van der Waals surface area contributed by atoms with E-state index in [9.17, 15) is 14.7 Å². The van der Waals surface area contributed by atoms with Crippen LogP contribution in [0, 0.1) is 0 Å². The Kier molecular flexibility index (Phi) is 4.28. The number of carboxylic acids is 1. The molecule has 1 aliphatic rings. The van der Waals surface area contributed by atoms with E-state index in [4.69, 9.17) is 4.74 Å². The zero-order chi connectivity index (χ0) is 16.2. The van der Waals surface area contributed by atoms with Crippen molar-refractivity contribution >= 4 is 11.9 Å². The van der Waals surface area contributed by atoms with Crippen molar-refractivity contribution < 1.29 is 19.4 Å². The molecule has 0 spiro atoms. The van der Waals surface area contributed by atoms with Crippen LogP contribution >= 0.6 is 0 Å². The smallest absolute Gasteiger partial charge is 0.326 e. The van der Waals surface area contributed by atoms with Gasteiger partial charge in [0, 0.05) is 12.8 Å². The first-order valence-electron chi connectivity index (χ1n) is 7.45. The lowest BCUT2D eigenvalue weighted by Gasteiger charge is -2.17. The second-order valence-electron chi connectivity index (χ2n) is 5.51. The summed E-state index contributed by atoms with van der Waals surface area (Å²) < 4.78 is 5.59. The van der Waals surface area contributed by atoms with Crippen LogP contribution in [0.15, 0.2) is 54.6 Å². The van der Waals surface area contributed by atoms with E-state index in [1.165, 1.54) is 0 Å². The number of hydrogen-bond acceptors (Lipinski definition) is 3. The predicted octanol–water partition coefficient (Wildman–Crippen LogP) is 1.80. The largest absolute Gasteiger partial charge is 0.480 e. The van der Waals surface area contributed by atoms with E-state index >= 15 is 0 Å². The van der Waals surface area contributed by atoms with Crippen molar-refractivity contribution in [3.8, 4) is 5.75 Å². The molecule has 0 radical (unpaired) electrons. The molecule has 0 aliphatic carbocycles. The van der Waals surface area contributed by atoms with Crippen molar-refractivity contribution in [2.24, 2.45) is 0 Å². The number of fused-ring (bicyclic) bond motifs is 1. The summed E-state index contributed by atoms with van der Waals surface area (Å²) in [6.45, 7) is 0. The molecule has 1 unspecified atom stereocenters. The van der Waals surface area contributed by atoms with Crippen LogP contribution in [0.5, 0.6) is 5.75 Å². The topological polar surface area (TPSA) is 75.6 Å². The van der Waals surface area contributed by atoms with Gasteiger partial charge in [0.25, 0.3) is 5.91 Å². The van der Waals surface area contributed by atoms with Crippen LogP contribution in [-0.2, 0) is 22.4 Å². The van der Waals surface area contributed by atoms with E-state index in [0.717, 1.165) is 11.1 Å². The van der Waals surface area contributed by atoms with Crippen LogP contribution < -0.4 is 10.1 Å². The highest BCUT2D eigenvalue weighted by molar-refractivity contribution is 5.87. The summed E-state index contributed by atoms with van der Waals surface area (Å²) >= 11 is 0. The zero-order valence-corrected chi connectivity index (χ0v) is 12.4. The lowest BCUT2D eigenvalue weighted by molar-refractivity contribution is -0.142. The van der Waals surface area contributed by atoms with Crippen molar-refractivity contribution in [1.29, 1.82) is 0 Å². The van der Waals surface area contributed by atoms with Crippen molar-refractivity contribution in [2.75, 3.05) is 0 Å². The number of benzene rings is 2. The Balaban J connectivity index is 1.65. The molecule has 1 heterocycles. The number of aliphatic carboxylic acids is 1. The standard InChI is InChI=1S/C18H17NO4/c20-17(16-11-13-8-4-5-9-15(13)23-16)19-14(18(21)22)10-12-6-2-1-3-7-12/h1-9,14,16H,10-11H2,(H,19,20)(H,21,22)/t14?,16-/m0/s1. The number of nitrogens with one attached hydrogen (secondary N) is 1. The third-order valence-corrected chi connectivity index (χ3v) is 3.84. The minimum Gasteiger partial charge on any atom is -0.480 e. The van der Waals surface area contributed by atoms with E-state index in [0.29, 0.717) is 12.2 Å². The minimum atomic E-state index is -1.06. The number of rotatable bonds is 5. The molecule has 1 aliphatic heterocycles. The Morgan fingerprint density at radius 3 is 2.52 bits per heavy atom. The van der Waals surface area contributed by atoms with Gasteiger partial charge in [-0.1, -0.05) is 48.5 Å². The Bertz CT molecular complexity index is 689. The Hall–Kier alpha value is -2.82. The van der Waals surface area contributed by atoms with Gasteiger partial charge in [-0.15, -0.1) is 0 Å². The second kappa shape index (κ2) is 6.52. The van der Waals surface area contributed by atoms with Crippen molar-refractivity contribution in [3.63, 3.8) is 0 Å². The highest BCUT2D eigenvalue weighted by Crippen LogP contribution is 2.28. The van der Waals surface area contributed by atoms with Crippen molar-refractivity contribution in [3.05, 3.63) is 65.7 Å². The van der Waals surface area contributed by atoms with Gasteiger partial charge in [-0.25, -0.2) is 4.79 Å². The number of carboxylic acid groups (broad SMARTS) is 1. The fourth-order valence-electron chi connectivity index (χ4n) is 2.64. The van der Waals surface area contributed by atoms with E-state index in [-0.39, 0.29) is 6.42 Å². The summed E-state index contributed by atoms with van der Waals surface area (Å²) in [6.07, 6.45) is 0.0198. The SMILES string of the molecule is O=C(O)C(Cc1ccccc1)NC(=O)[C@@H]1Cc2ccccc2O1. The average Bonchev–Trinajstić information content (AvgIpc) is 2.99. The molecule has 0 fully saturated rings. The first kappa shape index (κ1) is 15.1. The maximum Gasteiger partial charge on any atom is 0.326 e. The molecule has 2 N–H and O–H groups in total. The van der Waals surface area contributed by atoms with Gasteiger partial charge in [0.1, 0.15) is 11.8 Å². The molecule has 5 nitrogen and oxygen atoms in total. The Morgan fingerprint density at radius 1 is 1.13 bits per heavy atom. The van der Waals surface area contributed by atoms with Gasteiger partial charge in [0.2, 0.25) is 0 Å². The van der Waals surface area contributed by atoms with Gasteiger partial charge in [-0.05, 0) is 17.2 Å². The summed E-state index contributed by atoms with van der Waals surface area (Å²) in [6, 6.07) is 15.7. The summed E-state index contributed by atoms with van der Waals surface area (Å²) in [4.78, 5) is 23.7. The molecule has 2 aromatic carbocycles. The van der Waals surface area contributed by atoms with Crippen LogP contribution in [0.2, 0.25) is 0 Å². The molecule has 0 bridgehead atoms. The predicted molar refractivity (Wildman–Crippen MR) is 84.3 cm³/mol. The van der Waals surface area contributed by atoms with Gasteiger partial charge in [0.15, 0.2) is 6.10 Å².